The summed E-state index contributed by atoms with van der Waals surface area (Å²) in [6, 6.07) is 6.98. The maximum atomic E-state index is 11.8. The van der Waals surface area contributed by atoms with Crippen LogP contribution in [0.4, 0.5) is 0 Å². The molecule has 1 aromatic rings. The van der Waals surface area contributed by atoms with Crippen LogP contribution in [0, 0.1) is 11.8 Å². The second kappa shape index (κ2) is 5.37. The topological polar surface area (TPSA) is 55.4 Å². The van der Waals surface area contributed by atoms with Crippen LogP contribution in [0.2, 0.25) is 0 Å². The van der Waals surface area contributed by atoms with E-state index in [1.165, 1.54) is 19.1 Å². The van der Waals surface area contributed by atoms with Gasteiger partial charge >= 0.3 is 0 Å². The predicted molar refractivity (Wildman–Crippen MR) is 77.7 cm³/mol. The predicted octanol–water partition coefficient (Wildman–Crippen LogP) is 1.86. The van der Waals surface area contributed by atoms with Gasteiger partial charge < -0.3 is 10.1 Å². The van der Waals surface area contributed by atoms with Gasteiger partial charge in [0.1, 0.15) is 16.7 Å². The zero-order valence-electron chi connectivity index (χ0n) is 11.7. The molecule has 2 atom stereocenters. The summed E-state index contributed by atoms with van der Waals surface area (Å²) in [7, 11) is -3.25. The van der Waals surface area contributed by atoms with Crippen LogP contribution in [-0.2, 0) is 9.84 Å². The van der Waals surface area contributed by atoms with Crippen molar-refractivity contribution in [2.75, 3.05) is 19.3 Å². The van der Waals surface area contributed by atoms with Gasteiger partial charge in [-0.3, -0.25) is 0 Å². The molecule has 1 aliphatic carbocycles. The minimum Gasteiger partial charge on any atom is -0.488 e. The molecule has 1 aliphatic heterocycles. The third kappa shape index (κ3) is 2.99. The minimum absolute atomic E-state index is 0.146. The van der Waals surface area contributed by atoms with Gasteiger partial charge in [0, 0.05) is 18.7 Å². The van der Waals surface area contributed by atoms with Gasteiger partial charge in [-0.15, -0.1) is 0 Å². The molecular formula is C15H21NO3S. The molecule has 1 heterocycles. The van der Waals surface area contributed by atoms with E-state index in [4.69, 9.17) is 4.74 Å². The van der Waals surface area contributed by atoms with Crippen LogP contribution in [0.3, 0.4) is 0 Å². The second-order valence-corrected chi connectivity index (χ2v) is 7.88. The number of hydrogen-bond donors (Lipinski definition) is 1. The summed E-state index contributed by atoms with van der Waals surface area (Å²) < 4.78 is 29.9. The summed E-state index contributed by atoms with van der Waals surface area (Å²) in [6.07, 6.45) is 4.89. The Kier molecular flexibility index (Phi) is 3.73. The monoisotopic (exact) mass is 295 g/mol. The number of nitrogens with one attached hydrogen (secondary N) is 1. The molecule has 5 heteroatoms. The SMILES string of the molecule is CS(=O)(=O)c1ccccc1O[C@H](C1CC1)[C@H]1CCNC1. The lowest BCUT2D eigenvalue weighted by molar-refractivity contribution is 0.117. The first-order valence-electron chi connectivity index (χ1n) is 7.22. The highest BCUT2D eigenvalue weighted by molar-refractivity contribution is 7.90. The summed E-state index contributed by atoms with van der Waals surface area (Å²) in [4.78, 5) is 0.302. The highest BCUT2D eigenvalue weighted by Gasteiger charge is 2.39. The Bertz CT molecular complexity index is 575. The number of sulfone groups is 1. The van der Waals surface area contributed by atoms with Crippen LogP contribution < -0.4 is 10.1 Å². The van der Waals surface area contributed by atoms with E-state index in [9.17, 15) is 8.42 Å². The van der Waals surface area contributed by atoms with Crippen LogP contribution >= 0.6 is 0 Å². The number of para-hydroxylation sites is 1. The lowest BCUT2D eigenvalue weighted by atomic mass is 9.97. The zero-order chi connectivity index (χ0) is 14.2. The van der Waals surface area contributed by atoms with Crippen LogP contribution in [-0.4, -0.2) is 33.9 Å². The van der Waals surface area contributed by atoms with Crippen molar-refractivity contribution in [2.45, 2.75) is 30.3 Å². The lowest BCUT2D eigenvalue weighted by Crippen LogP contribution is -2.31. The zero-order valence-corrected chi connectivity index (χ0v) is 12.5. The van der Waals surface area contributed by atoms with Gasteiger partial charge in [-0.05, 0) is 43.9 Å². The van der Waals surface area contributed by atoms with Gasteiger partial charge in [0.15, 0.2) is 9.84 Å². The Hall–Kier alpha value is -1.07. The molecule has 0 amide bonds. The van der Waals surface area contributed by atoms with E-state index in [2.05, 4.69) is 5.32 Å². The normalized spacial score (nSPS) is 24.6. The molecule has 1 saturated carbocycles. The van der Waals surface area contributed by atoms with E-state index >= 15 is 0 Å². The molecule has 0 aromatic heterocycles. The smallest absolute Gasteiger partial charge is 0.179 e. The molecule has 1 N–H and O–H groups in total. The Balaban J connectivity index is 1.85. The summed E-state index contributed by atoms with van der Waals surface area (Å²) in [5.41, 5.74) is 0. The van der Waals surface area contributed by atoms with Gasteiger partial charge in [-0.2, -0.15) is 0 Å². The molecule has 1 aromatic carbocycles. The highest BCUT2D eigenvalue weighted by atomic mass is 32.2. The van der Waals surface area contributed by atoms with Crippen molar-refractivity contribution < 1.29 is 13.2 Å². The quantitative estimate of drug-likeness (QED) is 0.901. The van der Waals surface area contributed by atoms with Gasteiger partial charge in [-0.25, -0.2) is 8.42 Å². The first kappa shape index (κ1) is 13.9. The molecule has 110 valence electrons. The largest absolute Gasteiger partial charge is 0.488 e. The van der Waals surface area contributed by atoms with Crippen LogP contribution in [0.5, 0.6) is 5.75 Å². The Morgan fingerprint density at radius 2 is 1.95 bits per heavy atom. The molecule has 2 fully saturated rings. The number of rotatable bonds is 5. The molecule has 0 spiro atoms. The second-order valence-electron chi connectivity index (χ2n) is 5.89. The summed E-state index contributed by atoms with van der Waals surface area (Å²) >= 11 is 0. The fourth-order valence-electron chi connectivity index (χ4n) is 2.96. The van der Waals surface area contributed by atoms with E-state index in [-0.39, 0.29) is 6.10 Å². The minimum atomic E-state index is -3.25. The standard InChI is InChI=1S/C15H21NO3S/c1-20(17,18)14-5-3-2-4-13(14)19-15(11-6-7-11)12-8-9-16-10-12/h2-5,11-12,15-16H,6-10H2,1H3/t12-,15+/m0/s1. The molecule has 3 rings (SSSR count). The van der Waals surface area contributed by atoms with Crippen molar-refractivity contribution in [2.24, 2.45) is 11.8 Å². The molecular weight excluding hydrogens is 274 g/mol. The fraction of sp³-hybridized carbons (Fsp3) is 0.600. The third-order valence-electron chi connectivity index (χ3n) is 4.16. The third-order valence-corrected chi connectivity index (χ3v) is 5.30. The molecule has 4 nitrogen and oxygen atoms in total. The van der Waals surface area contributed by atoms with Crippen molar-refractivity contribution in [3.05, 3.63) is 24.3 Å². The maximum absolute atomic E-state index is 11.8. The van der Waals surface area contributed by atoms with E-state index in [0.29, 0.717) is 22.5 Å². The number of ether oxygens (including phenoxy) is 1. The van der Waals surface area contributed by atoms with Crippen LogP contribution in [0.15, 0.2) is 29.2 Å². The van der Waals surface area contributed by atoms with Crippen LogP contribution in [0.25, 0.3) is 0 Å². The first-order chi connectivity index (χ1) is 9.55. The molecule has 1 saturated heterocycles. The highest BCUT2D eigenvalue weighted by Crippen LogP contribution is 2.40. The van der Waals surface area contributed by atoms with Gasteiger partial charge in [0.25, 0.3) is 0 Å². The summed E-state index contributed by atoms with van der Waals surface area (Å²) in [5.74, 6) is 1.60. The first-order valence-corrected chi connectivity index (χ1v) is 9.11. The van der Waals surface area contributed by atoms with Crippen molar-refractivity contribution in [3.8, 4) is 5.75 Å². The van der Waals surface area contributed by atoms with Crippen molar-refractivity contribution in [1.82, 2.24) is 5.32 Å². The Morgan fingerprint density at radius 3 is 2.55 bits per heavy atom. The van der Waals surface area contributed by atoms with Crippen molar-refractivity contribution >= 4 is 9.84 Å². The van der Waals surface area contributed by atoms with Crippen molar-refractivity contribution in [1.29, 1.82) is 0 Å². The molecule has 20 heavy (non-hydrogen) atoms. The molecule has 0 unspecified atom stereocenters. The molecule has 0 radical (unpaired) electrons. The average Bonchev–Trinajstić information content (AvgIpc) is 3.10. The average molecular weight is 295 g/mol. The fourth-order valence-corrected chi connectivity index (χ4v) is 3.77. The van der Waals surface area contributed by atoms with E-state index in [1.807, 2.05) is 6.07 Å². The summed E-state index contributed by atoms with van der Waals surface area (Å²) in [5, 5.41) is 3.37. The van der Waals surface area contributed by atoms with E-state index in [0.717, 1.165) is 19.5 Å². The van der Waals surface area contributed by atoms with E-state index in [1.54, 1.807) is 18.2 Å². The van der Waals surface area contributed by atoms with Gasteiger partial charge in [-0.1, -0.05) is 12.1 Å². The maximum Gasteiger partial charge on any atom is 0.179 e. The van der Waals surface area contributed by atoms with Crippen LogP contribution in [0.1, 0.15) is 19.3 Å². The molecule has 2 aliphatic rings. The lowest BCUT2D eigenvalue weighted by Gasteiger charge is -2.25. The Morgan fingerprint density at radius 1 is 1.20 bits per heavy atom. The Labute approximate surface area is 120 Å². The van der Waals surface area contributed by atoms with Crippen molar-refractivity contribution in [3.63, 3.8) is 0 Å². The number of hydrogen-bond acceptors (Lipinski definition) is 4. The van der Waals surface area contributed by atoms with Gasteiger partial charge in [0.05, 0.1) is 0 Å². The van der Waals surface area contributed by atoms with Gasteiger partial charge in [0.2, 0.25) is 0 Å². The van der Waals surface area contributed by atoms with E-state index < -0.39 is 9.84 Å². The molecule has 0 bridgehead atoms. The number of benzene rings is 1. The summed E-state index contributed by atoms with van der Waals surface area (Å²) in [6.45, 7) is 2.01.